The molecule has 0 amide bonds. The third kappa shape index (κ3) is 4.01. The molecular weight excluding hydrogens is 615 g/mol. The molecule has 10 aromatic rings. The van der Waals surface area contributed by atoms with Crippen LogP contribution in [-0.4, -0.2) is 4.98 Å². The van der Waals surface area contributed by atoms with Crippen molar-refractivity contribution < 1.29 is 0 Å². The summed E-state index contributed by atoms with van der Waals surface area (Å²) in [4.78, 5) is 4.81. The Bertz CT molecular complexity index is 3050. The lowest BCUT2D eigenvalue weighted by molar-refractivity contribution is 0.663. The van der Waals surface area contributed by atoms with Gasteiger partial charge in [0.05, 0.1) is 5.52 Å². The Hall–Kier alpha value is -6.31. The van der Waals surface area contributed by atoms with Gasteiger partial charge in [-0.05, 0) is 129 Å². The van der Waals surface area contributed by atoms with Crippen molar-refractivity contribution in [2.75, 3.05) is 0 Å². The summed E-state index contributed by atoms with van der Waals surface area (Å²) in [5.74, 6) is 0. The van der Waals surface area contributed by atoms with Crippen molar-refractivity contribution in [3.8, 4) is 33.4 Å². The first-order valence-corrected chi connectivity index (χ1v) is 17.9. The van der Waals surface area contributed by atoms with E-state index in [4.69, 9.17) is 4.98 Å². The van der Waals surface area contributed by atoms with Crippen LogP contribution in [-0.2, 0) is 5.41 Å². The highest BCUT2D eigenvalue weighted by Crippen LogP contribution is 2.53. The fourth-order valence-electron chi connectivity index (χ4n) is 9.19. The third-order valence-corrected chi connectivity index (χ3v) is 11.6. The minimum Gasteiger partial charge on any atom is -0.256 e. The largest absolute Gasteiger partial charge is 0.256 e. The molecule has 0 bridgehead atoms. The van der Waals surface area contributed by atoms with Crippen LogP contribution in [0.25, 0.3) is 98.1 Å². The first-order valence-electron chi connectivity index (χ1n) is 17.9. The molecule has 1 aromatic heterocycles. The van der Waals surface area contributed by atoms with Gasteiger partial charge in [0.15, 0.2) is 0 Å². The van der Waals surface area contributed by atoms with E-state index in [9.17, 15) is 0 Å². The van der Waals surface area contributed by atoms with Crippen LogP contribution in [0.15, 0.2) is 164 Å². The highest BCUT2D eigenvalue weighted by molar-refractivity contribution is 6.23. The topological polar surface area (TPSA) is 12.9 Å². The maximum Gasteiger partial charge on any atom is 0.0780 e. The molecule has 1 heteroatoms. The summed E-state index contributed by atoms with van der Waals surface area (Å²) in [6.45, 7) is 4.81. The number of pyridine rings is 1. The maximum atomic E-state index is 4.81. The molecule has 0 saturated carbocycles. The van der Waals surface area contributed by atoms with E-state index in [0.717, 1.165) is 5.52 Å². The van der Waals surface area contributed by atoms with Crippen LogP contribution in [0.1, 0.15) is 25.0 Å². The Morgan fingerprint density at radius 2 is 0.902 bits per heavy atom. The first kappa shape index (κ1) is 28.5. The molecule has 0 unspecified atom stereocenters. The lowest BCUT2D eigenvalue weighted by Crippen LogP contribution is -2.15. The highest BCUT2D eigenvalue weighted by Gasteiger charge is 2.35. The van der Waals surface area contributed by atoms with E-state index in [1.807, 2.05) is 12.3 Å². The van der Waals surface area contributed by atoms with Crippen molar-refractivity contribution in [2.45, 2.75) is 19.3 Å². The van der Waals surface area contributed by atoms with E-state index in [1.165, 1.54) is 104 Å². The third-order valence-electron chi connectivity index (χ3n) is 11.6. The molecule has 9 aromatic carbocycles. The zero-order valence-electron chi connectivity index (χ0n) is 28.5. The summed E-state index contributed by atoms with van der Waals surface area (Å²) in [5.41, 5.74) is 11.2. The molecule has 1 nitrogen and oxygen atoms in total. The standard InChI is InChI=1S/C50H33N/c1-50(2)43-28-36(38-19-9-13-31-14-10-24-51-49(31)38)26-34-22-23-35-27-37(29-44(50)48(35)47(34)43)46-41-17-7-5-15-39(41)45(40-16-6-8-18-42(40)46)33-21-20-30-11-3-4-12-32(30)25-33/h3-29H,1-2H3. The average molecular weight is 648 g/mol. The molecule has 0 N–H and O–H groups in total. The number of hydrogen-bond donors (Lipinski definition) is 0. The van der Waals surface area contributed by atoms with Crippen molar-refractivity contribution in [1.29, 1.82) is 0 Å². The van der Waals surface area contributed by atoms with Gasteiger partial charge in [-0.3, -0.25) is 4.98 Å². The van der Waals surface area contributed by atoms with Gasteiger partial charge in [-0.1, -0.05) is 135 Å². The van der Waals surface area contributed by atoms with Crippen LogP contribution < -0.4 is 0 Å². The molecular formula is C50H33N. The van der Waals surface area contributed by atoms with E-state index in [1.54, 1.807) is 0 Å². The van der Waals surface area contributed by atoms with E-state index >= 15 is 0 Å². The molecule has 0 aliphatic heterocycles. The second-order valence-corrected chi connectivity index (χ2v) is 14.7. The van der Waals surface area contributed by atoms with Gasteiger partial charge in [0.25, 0.3) is 0 Å². The number of para-hydroxylation sites is 1. The van der Waals surface area contributed by atoms with E-state index in [2.05, 4.69) is 166 Å². The van der Waals surface area contributed by atoms with Crippen LogP contribution in [0.2, 0.25) is 0 Å². The van der Waals surface area contributed by atoms with E-state index < -0.39 is 0 Å². The van der Waals surface area contributed by atoms with Crippen molar-refractivity contribution in [1.82, 2.24) is 4.98 Å². The summed E-state index contributed by atoms with van der Waals surface area (Å²) in [5, 5.41) is 14.2. The van der Waals surface area contributed by atoms with Gasteiger partial charge in [-0.25, -0.2) is 0 Å². The molecule has 1 aliphatic carbocycles. The lowest BCUT2D eigenvalue weighted by Gasteiger charge is -2.24. The second-order valence-electron chi connectivity index (χ2n) is 14.7. The molecule has 1 aliphatic rings. The zero-order valence-corrected chi connectivity index (χ0v) is 28.5. The monoisotopic (exact) mass is 647 g/mol. The Labute approximate surface area is 296 Å². The number of rotatable bonds is 3. The predicted molar refractivity (Wildman–Crippen MR) is 218 cm³/mol. The molecule has 0 fully saturated rings. The van der Waals surface area contributed by atoms with Crippen molar-refractivity contribution >= 4 is 64.8 Å². The lowest BCUT2D eigenvalue weighted by atomic mass is 9.79. The van der Waals surface area contributed by atoms with Gasteiger partial charge >= 0.3 is 0 Å². The minimum atomic E-state index is -0.180. The summed E-state index contributed by atoms with van der Waals surface area (Å²) in [7, 11) is 0. The van der Waals surface area contributed by atoms with E-state index in [0.29, 0.717) is 0 Å². The minimum absolute atomic E-state index is 0.180. The summed E-state index contributed by atoms with van der Waals surface area (Å²) in [6, 6.07) is 58.7. The van der Waals surface area contributed by atoms with Crippen molar-refractivity contribution in [2.24, 2.45) is 0 Å². The fourth-order valence-corrected chi connectivity index (χ4v) is 9.19. The second kappa shape index (κ2) is 10.4. The van der Waals surface area contributed by atoms with Gasteiger partial charge in [-0.15, -0.1) is 0 Å². The van der Waals surface area contributed by atoms with E-state index in [-0.39, 0.29) is 5.41 Å². The van der Waals surface area contributed by atoms with Gasteiger partial charge in [0, 0.05) is 22.6 Å². The number of benzene rings is 9. The van der Waals surface area contributed by atoms with Crippen LogP contribution in [0, 0.1) is 0 Å². The van der Waals surface area contributed by atoms with Crippen molar-refractivity contribution in [3.63, 3.8) is 0 Å². The first-order chi connectivity index (χ1) is 25.0. The zero-order chi connectivity index (χ0) is 33.8. The molecule has 0 radical (unpaired) electrons. The smallest absolute Gasteiger partial charge is 0.0780 e. The van der Waals surface area contributed by atoms with Crippen molar-refractivity contribution in [3.05, 3.63) is 175 Å². The molecule has 0 atom stereocenters. The number of nitrogens with zero attached hydrogens (tertiary/aromatic N) is 1. The maximum absolute atomic E-state index is 4.81. The quantitative estimate of drug-likeness (QED) is 0.137. The Balaban J connectivity index is 1.16. The fraction of sp³-hybridized carbons (Fsp3) is 0.0600. The average Bonchev–Trinajstić information content (AvgIpc) is 3.41. The summed E-state index contributed by atoms with van der Waals surface area (Å²) in [6.07, 6.45) is 1.90. The van der Waals surface area contributed by atoms with Crippen LogP contribution >= 0.6 is 0 Å². The molecule has 0 spiro atoms. The number of hydrogen-bond acceptors (Lipinski definition) is 1. The molecule has 1 heterocycles. The number of fused-ring (bicyclic) bond motifs is 4. The van der Waals surface area contributed by atoms with Gasteiger partial charge in [-0.2, -0.15) is 0 Å². The highest BCUT2D eigenvalue weighted by atomic mass is 14.6. The molecule has 51 heavy (non-hydrogen) atoms. The van der Waals surface area contributed by atoms with Crippen LogP contribution in [0.4, 0.5) is 0 Å². The Morgan fingerprint density at radius 1 is 0.392 bits per heavy atom. The predicted octanol–water partition coefficient (Wildman–Crippen LogP) is 13.6. The summed E-state index contributed by atoms with van der Waals surface area (Å²) >= 11 is 0. The summed E-state index contributed by atoms with van der Waals surface area (Å²) < 4.78 is 0. The van der Waals surface area contributed by atoms with Crippen LogP contribution in [0.5, 0.6) is 0 Å². The van der Waals surface area contributed by atoms with Gasteiger partial charge < -0.3 is 0 Å². The van der Waals surface area contributed by atoms with Gasteiger partial charge in [0.1, 0.15) is 0 Å². The molecule has 11 rings (SSSR count). The SMILES string of the molecule is CC1(C)c2cc(-c3c4ccccc4c(-c4ccc5ccccc5c4)c4ccccc34)cc3ccc4cc(-c5cccc6cccnc56)cc1c4c23. The number of aromatic nitrogens is 1. The van der Waals surface area contributed by atoms with Gasteiger partial charge in [0.2, 0.25) is 0 Å². The van der Waals surface area contributed by atoms with Crippen LogP contribution in [0.3, 0.4) is 0 Å². The Kier molecular flexibility index (Phi) is 5.79. The Morgan fingerprint density at radius 3 is 1.59 bits per heavy atom. The molecule has 0 saturated heterocycles. The molecule has 238 valence electrons. The normalized spacial score (nSPS) is 13.5.